The summed E-state index contributed by atoms with van der Waals surface area (Å²) >= 11 is 1.48. The molecule has 0 amide bonds. The summed E-state index contributed by atoms with van der Waals surface area (Å²) in [4.78, 5) is 4.16. The maximum absolute atomic E-state index is 13.7. The molecule has 2 aromatic rings. The van der Waals surface area contributed by atoms with Gasteiger partial charge in [0.2, 0.25) is 0 Å². The van der Waals surface area contributed by atoms with E-state index in [4.69, 9.17) is 5.73 Å². The van der Waals surface area contributed by atoms with Crippen molar-refractivity contribution in [2.45, 2.75) is 67.0 Å². The molecule has 0 spiro atoms. The van der Waals surface area contributed by atoms with E-state index in [-0.39, 0.29) is 18.4 Å². The highest BCUT2D eigenvalue weighted by molar-refractivity contribution is 7.99. The van der Waals surface area contributed by atoms with E-state index in [0.29, 0.717) is 29.5 Å². The molecule has 2 aliphatic heterocycles. The van der Waals surface area contributed by atoms with Crippen molar-refractivity contribution in [3.8, 4) is 0 Å². The van der Waals surface area contributed by atoms with Gasteiger partial charge < -0.3 is 16.0 Å². The summed E-state index contributed by atoms with van der Waals surface area (Å²) in [6, 6.07) is 9.30. The average Bonchev–Trinajstić information content (AvgIpc) is 3.30. The van der Waals surface area contributed by atoms with Crippen LogP contribution in [0.4, 0.5) is 24.5 Å². The van der Waals surface area contributed by atoms with Gasteiger partial charge in [0.1, 0.15) is 0 Å². The molecule has 0 radical (unpaired) electrons. The third kappa shape index (κ3) is 5.41. The standard InChI is InChI=1S/C25H30F3N3S.ClH/c26-25(27,28)18-12-22(30-15-16-4-3-5-19(29)10-16)21-11-17-6-7-20(31-8-1-2-9-31)14-23(17)32-24(21)13-18;/h6-7,12-14,16,19,30H,1-5,8-11,15,29H2;1H. The second kappa shape index (κ2) is 9.96. The summed E-state index contributed by atoms with van der Waals surface area (Å²) in [7, 11) is 0. The number of nitrogens with two attached hydrogens (primary N) is 1. The van der Waals surface area contributed by atoms with Gasteiger partial charge in [-0.05, 0) is 73.4 Å². The second-order valence-electron chi connectivity index (χ2n) is 9.44. The first-order valence-electron chi connectivity index (χ1n) is 11.7. The van der Waals surface area contributed by atoms with Gasteiger partial charge in [-0.25, -0.2) is 0 Å². The highest BCUT2D eigenvalue weighted by Gasteiger charge is 2.33. The molecule has 3 N–H and O–H groups in total. The van der Waals surface area contributed by atoms with Crippen LogP contribution in [-0.2, 0) is 12.6 Å². The number of hydrogen-bond acceptors (Lipinski definition) is 4. The van der Waals surface area contributed by atoms with Crippen molar-refractivity contribution in [1.82, 2.24) is 0 Å². The molecule has 2 unspecified atom stereocenters. The number of hydrogen-bond donors (Lipinski definition) is 2. The largest absolute Gasteiger partial charge is 0.416 e. The van der Waals surface area contributed by atoms with Crippen LogP contribution in [0.2, 0.25) is 0 Å². The van der Waals surface area contributed by atoms with E-state index in [9.17, 15) is 13.2 Å². The lowest BCUT2D eigenvalue weighted by Crippen LogP contribution is -2.31. The maximum Gasteiger partial charge on any atom is 0.416 e. The number of fused-ring (bicyclic) bond motifs is 2. The Morgan fingerprint density at radius 3 is 2.55 bits per heavy atom. The smallest absolute Gasteiger partial charge is 0.384 e. The van der Waals surface area contributed by atoms with Gasteiger partial charge in [-0.1, -0.05) is 24.2 Å². The zero-order chi connectivity index (χ0) is 22.3. The van der Waals surface area contributed by atoms with Crippen molar-refractivity contribution in [1.29, 1.82) is 0 Å². The topological polar surface area (TPSA) is 41.3 Å². The van der Waals surface area contributed by atoms with E-state index in [2.05, 4.69) is 28.4 Å². The maximum atomic E-state index is 13.7. The van der Waals surface area contributed by atoms with Crippen molar-refractivity contribution in [2.24, 2.45) is 11.7 Å². The number of nitrogens with one attached hydrogen (secondary N) is 1. The van der Waals surface area contributed by atoms with Crippen LogP contribution in [0.3, 0.4) is 0 Å². The molecule has 33 heavy (non-hydrogen) atoms. The molecule has 8 heteroatoms. The number of nitrogens with zero attached hydrogens (tertiary/aromatic N) is 1. The molecule has 1 aliphatic carbocycles. The van der Waals surface area contributed by atoms with E-state index >= 15 is 0 Å². The van der Waals surface area contributed by atoms with Crippen LogP contribution in [0.5, 0.6) is 0 Å². The van der Waals surface area contributed by atoms with Crippen molar-refractivity contribution in [3.63, 3.8) is 0 Å². The first kappa shape index (κ1) is 24.6. The lowest BCUT2D eigenvalue weighted by Gasteiger charge is -2.29. The van der Waals surface area contributed by atoms with Crippen LogP contribution in [0.25, 0.3) is 0 Å². The predicted molar refractivity (Wildman–Crippen MR) is 132 cm³/mol. The lowest BCUT2D eigenvalue weighted by molar-refractivity contribution is -0.137. The first-order chi connectivity index (χ1) is 15.4. The van der Waals surface area contributed by atoms with E-state index < -0.39 is 11.7 Å². The molecule has 1 saturated carbocycles. The van der Waals surface area contributed by atoms with Crippen LogP contribution in [0, 0.1) is 5.92 Å². The second-order valence-corrected chi connectivity index (χ2v) is 10.5. The Kier molecular flexibility index (Phi) is 7.41. The minimum Gasteiger partial charge on any atom is -0.384 e. The third-order valence-corrected chi connectivity index (χ3v) is 8.23. The van der Waals surface area contributed by atoms with Gasteiger partial charge in [-0.15, -0.1) is 12.4 Å². The summed E-state index contributed by atoms with van der Waals surface area (Å²) in [6.45, 7) is 2.78. The Hall–Kier alpha value is -1.57. The van der Waals surface area contributed by atoms with Crippen LogP contribution in [0.15, 0.2) is 40.1 Å². The Balaban J connectivity index is 0.00000259. The predicted octanol–water partition coefficient (Wildman–Crippen LogP) is 6.71. The van der Waals surface area contributed by atoms with Gasteiger partial charge in [0.05, 0.1) is 5.56 Å². The Morgan fingerprint density at radius 1 is 1.03 bits per heavy atom. The normalized spacial score (nSPS) is 22.4. The SMILES string of the molecule is Cl.NC1CCCC(CNc2cc(C(F)(F)F)cc3c2Cc2ccc(N4CCCC4)cc2S3)C1. The fourth-order valence-corrected chi connectivity index (χ4v) is 6.46. The molecule has 5 rings (SSSR count). The molecule has 2 aromatic carbocycles. The van der Waals surface area contributed by atoms with Gasteiger partial charge in [-0.2, -0.15) is 13.2 Å². The van der Waals surface area contributed by atoms with Crippen LogP contribution in [-0.4, -0.2) is 25.7 Å². The molecule has 2 fully saturated rings. The monoisotopic (exact) mass is 497 g/mol. The Labute approximate surface area is 204 Å². The average molecular weight is 498 g/mol. The zero-order valence-electron chi connectivity index (χ0n) is 18.6. The van der Waals surface area contributed by atoms with Crippen molar-refractivity contribution < 1.29 is 13.2 Å². The van der Waals surface area contributed by atoms with Crippen molar-refractivity contribution >= 4 is 35.5 Å². The molecule has 2 heterocycles. The van der Waals surface area contributed by atoms with E-state index in [1.807, 2.05) is 0 Å². The van der Waals surface area contributed by atoms with E-state index in [1.54, 1.807) is 0 Å². The summed E-state index contributed by atoms with van der Waals surface area (Å²) in [6.07, 6.45) is 2.84. The minimum absolute atomic E-state index is 0. The van der Waals surface area contributed by atoms with Crippen LogP contribution in [0.1, 0.15) is 55.2 Å². The van der Waals surface area contributed by atoms with Gasteiger partial charge in [-0.3, -0.25) is 0 Å². The number of halogens is 4. The van der Waals surface area contributed by atoms with Crippen molar-refractivity contribution in [2.75, 3.05) is 29.9 Å². The molecule has 1 saturated heterocycles. The lowest BCUT2D eigenvalue weighted by atomic mass is 9.86. The first-order valence-corrected chi connectivity index (χ1v) is 12.5. The zero-order valence-corrected chi connectivity index (χ0v) is 20.2. The number of rotatable bonds is 4. The van der Waals surface area contributed by atoms with Gasteiger partial charge in [0.15, 0.2) is 0 Å². The number of benzene rings is 2. The molecular weight excluding hydrogens is 467 g/mol. The summed E-state index contributed by atoms with van der Waals surface area (Å²) in [5, 5.41) is 3.39. The summed E-state index contributed by atoms with van der Waals surface area (Å²) in [5.74, 6) is 0.412. The Bertz CT molecular complexity index is 992. The van der Waals surface area contributed by atoms with Crippen molar-refractivity contribution in [3.05, 3.63) is 47.0 Å². The van der Waals surface area contributed by atoms with E-state index in [1.165, 1.54) is 48.0 Å². The highest BCUT2D eigenvalue weighted by atomic mass is 35.5. The van der Waals surface area contributed by atoms with Gasteiger partial charge in [0, 0.05) is 53.3 Å². The third-order valence-electron chi connectivity index (χ3n) is 7.05. The highest BCUT2D eigenvalue weighted by Crippen LogP contribution is 2.46. The molecule has 180 valence electrons. The fourth-order valence-electron chi connectivity index (χ4n) is 5.28. The Morgan fingerprint density at radius 2 is 1.82 bits per heavy atom. The molecule has 0 aromatic heterocycles. The summed E-state index contributed by atoms with van der Waals surface area (Å²) < 4.78 is 41.1. The molecule has 0 bridgehead atoms. The number of alkyl halides is 3. The van der Waals surface area contributed by atoms with Crippen LogP contribution < -0.4 is 16.0 Å². The number of anilines is 2. The summed E-state index contributed by atoms with van der Waals surface area (Å²) in [5.41, 5.74) is 9.50. The van der Waals surface area contributed by atoms with Crippen LogP contribution >= 0.6 is 24.2 Å². The fraction of sp³-hybridized carbons (Fsp3) is 0.520. The molecule has 3 nitrogen and oxygen atoms in total. The van der Waals surface area contributed by atoms with Gasteiger partial charge in [0.25, 0.3) is 0 Å². The van der Waals surface area contributed by atoms with Gasteiger partial charge >= 0.3 is 6.18 Å². The quantitative estimate of drug-likeness (QED) is 0.420. The van der Waals surface area contributed by atoms with E-state index in [0.717, 1.165) is 49.2 Å². The molecule has 2 atom stereocenters. The molecular formula is C25H31ClF3N3S. The minimum atomic E-state index is -4.36. The molecule has 3 aliphatic rings.